The minimum absolute atomic E-state index is 0.296. The maximum Gasteiger partial charge on any atom is 0.248 e. The van der Waals surface area contributed by atoms with Gasteiger partial charge in [-0.25, -0.2) is 8.42 Å². The van der Waals surface area contributed by atoms with Crippen LogP contribution in [0.4, 0.5) is 11.4 Å². The summed E-state index contributed by atoms with van der Waals surface area (Å²) >= 11 is 0. The number of nitrogens with zero attached hydrogens (tertiary/aromatic N) is 1. The average molecular weight is 421 g/mol. The number of methoxy groups -OCH3 is 2. The molecular formula is C21H28N2O5S. The summed E-state index contributed by atoms with van der Waals surface area (Å²) in [5, 5.41) is 2.79. The van der Waals surface area contributed by atoms with Crippen LogP contribution < -0.4 is 19.1 Å². The number of nitrogens with one attached hydrogen (secondary N) is 1. The number of carbonyl (C=O) groups is 1. The van der Waals surface area contributed by atoms with Gasteiger partial charge in [-0.05, 0) is 55.7 Å². The second-order valence-corrected chi connectivity index (χ2v) is 8.74. The molecule has 0 bridgehead atoms. The number of aryl methyl sites for hydroxylation is 2. The van der Waals surface area contributed by atoms with Gasteiger partial charge in [-0.2, -0.15) is 0 Å². The summed E-state index contributed by atoms with van der Waals surface area (Å²) in [4.78, 5) is 13.1. The van der Waals surface area contributed by atoms with Gasteiger partial charge in [0.2, 0.25) is 15.9 Å². The molecule has 0 heterocycles. The Bertz CT molecular complexity index is 968. The molecule has 0 radical (unpaired) electrons. The molecule has 0 aliphatic rings. The van der Waals surface area contributed by atoms with Gasteiger partial charge in [0.25, 0.3) is 0 Å². The van der Waals surface area contributed by atoms with Crippen LogP contribution in [0.25, 0.3) is 0 Å². The Balaban J connectivity index is 2.44. The van der Waals surface area contributed by atoms with E-state index in [1.54, 1.807) is 37.3 Å². The Hall–Kier alpha value is -2.74. The van der Waals surface area contributed by atoms with Gasteiger partial charge in [-0.15, -0.1) is 0 Å². The number of hydrogen-bond acceptors (Lipinski definition) is 5. The third kappa shape index (κ3) is 5.41. The zero-order valence-corrected chi connectivity index (χ0v) is 18.5. The molecule has 0 saturated carbocycles. The van der Waals surface area contributed by atoms with E-state index in [9.17, 15) is 13.2 Å². The number of rotatable bonds is 8. The van der Waals surface area contributed by atoms with Gasteiger partial charge in [0.05, 0.1) is 31.9 Å². The predicted molar refractivity (Wildman–Crippen MR) is 115 cm³/mol. The van der Waals surface area contributed by atoms with E-state index in [1.165, 1.54) is 18.5 Å². The Morgan fingerprint density at radius 1 is 1.07 bits per heavy atom. The molecule has 0 fully saturated rings. The number of anilines is 2. The van der Waals surface area contributed by atoms with Crippen LogP contribution in [-0.4, -0.2) is 40.8 Å². The van der Waals surface area contributed by atoms with Crippen LogP contribution in [0.1, 0.15) is 24.5 Å². The van der Waals surface area contributed by atoms with E-state index < -0.39 is 22.0 Å². The number of amides is 1. The molecule has 1 amide bonds. The summed E-state index contributed by atoms with van der Waals surface area (Å²) in [6, 6.07) is 9.55. The van der Waals surface area contributed by atoms with Crippen molar-refractivity contribution in [2.24, 2.45) is 0 Å². The number of benzene rings is 2. The van der Waals surface area contributed by atoms with E-state index in [1.807, 2.05) is 19.9 Å². The molecule has 0 aliphatic carbocycles. The fraction of sp³-hybridized carbons (Fsp3) is 0.381. The number of sulfonamides is 1. The summed E-state index contributed by atoms with van der Waals surface area (Å²) < 4.78 is 36.9. The topological polar surface area (TPSA) is 84.9 Å². The monoisotopic (exact) mass is 420 g/mol. The lowest BCUT2D eigenvalue weighted by Crippen LogP contribution is -2.47. The Kier molecular flexibility index (Phi) is 7.13. The number of hydrogen-bond donors (Lipinski definition) is 1. The fourth-order valence-corrected chi connectivity index (χ4v) is 4.45. The minimum Gasteiger partial charge on any atom is -0.497 e. The molecule has 158 valence electrons. The first-order valence-electron chi connectivity index (χ1n) is 9.21. The predicted octanol–water partition coefficient (Wildman–Crippen LogP) is 3.50. The third-order valence-corrected chi connectivity index (χ3v) is 5.64. The van der Waals surface area contributed by atoms with Crippen molar-refractivity contribution in [3.8, 4) is 11.5 Å². The first-order valence-corrected chi connectivity index (χ1v) is 11.1. The summed E-state index contributed by atoms with van der Waals surface area (Å²) in [6.45, 7) is 5.55. The highest BCUT2D eigenvalue weighted by Gasteiger charge is 2.32. The second-order valence-electron chi connectivity index (χ2n) is 6.88. The van der Waals surface area contributed by atoms with E-state index in [0.717, 1.165) is 17.4 Å². The summed E-state index contributed by atoms with van der Waals surface area (Å²) in [5.74, 6) is 0.560. The van der Waals surface area contributed by atoms with Gasteiger partial charge < -0.3 is 14.8 Å². The van der Waals surface area contributed by atoms with E-state index in [4.69, 9.17) is 9.47 Å². The highest BCUT2D eigenvalue weighted by molar-refractivity contribution is 7.92. The molecule has 1 unspecified atom stereocenters. The van der Waals surface area contributed by atoms with Crippen molar-refractivity contribution in [2.45, 2.75) is 33.2 Å². The van der Waals surface area contributed by atoms with Gasteiger partial charge in [-0.3, -0.25) is 9.10 Å². The summed E-state index contributed by atoms with van der Waals surface area (Å²) in [7, 11) is -0.683. The molecule has 8 heteroatoms. The maximum atomic E-state index is 13.1. The van der Waals surface area contributed by atoms with Gasteiger partial charge in [0, 0.05) is 6.07 Å². The molecule has 0 spiro atoms. The molecule has 1 N–H and O–H groups in total. The van der Waals surface area contributed by atoms with Crippen LogP contribution in [0.15, 0.2) is 36.4 Å². The molecule has 1 atom stereocenters. The van der Waals surface area contributed by atoms with Crippen LogP contribution >= 0.6 is 0 Å². The second kappa shape index (κ2) is 9.17. The van der Waals surface area contributed by atoms with Crippen LogP contribution in [0.5, 0.6) is 11.5 Å². The van der Waals surface area contributed by atoms with E-state index in [2.05, 4.69) is 5.32 Å². The van der Waals surface area contributed by atoms with Crippen LogP contribution in [0, 0.1) is 13.8 Å². The van der Waals surface area contributed by atoms with Crippen molar-refractivity contribution in [3.63, 3.8) is 0 Å². The number of ether oxygens (including phenoxy) is 2. The highest BCUT2D eigenvalue weighted by atomic mass is 32.2. The first-order chi connectivity index (χ1) is 13.6. The Morgan fingerprint density at radius 3 is 2.17 bits per heavy atom. The van der Waals surface area contributed by atoms with E-state index in [-0.39, 0.29) is 0 Å². The van der Waals surface area contributed by atoms with Crippen molar-refractivity contribution in [1.82, 2.24) is 0 Å². The fourth-order valence-electron chi connectivity index (χ4n) is 3.26. The first kappa shape index (κ1) is 22.5. The lowest BCUT2D eigenvalue weighted by atomic mass is 10.1. The lowest BCUT2D eigenvalue weighted by molar-refractivity contribution is -0.117. The SMILES string of the molecule is CCC(C(=O)Nc1ccc(OC)cc1OC)N(c1cc(C)cc(C)c1)S(C)(=O)=O. The van der Waals surface area contributed by atoms with Crippen molar-refractivity contribution >= 4 is 27.3 Å². The van der Waals surface area contributed by atoms with Crippen LogP contribution in [-0.2, 0) is 14.8 Å². The zero-order valence-electron chi connectivity index (χ0n) is 17.6. The molecule has 2 rings (SSSR count). The van der Waals surface area contributed by atoms with E-state index in [0.29, 0.717) is 29.3 Å². The van der Waals surface area contributed by atoms with Crippen LogP contribution in [0.2, 0.25) is 0 Å². The Labute approximate surface area is 172 Å². The van der Waals surface area contributed by atoms with Crippen molar-refractivity contribution in [3.05, 3.63) is 47.5 Å². The lowest BCUT2D eigenvalue weighted by Gasteiger charge is -2.30. The quantitative estimate of drug-likeness (QED) is 0.706. The van der Waals surface area contributed by atoms with Crippen molar-refractivity contribution < 1.29 is 22.7 Å². The van der Waals surface area contributed by atoms with Gasteiger partial charge >= 0.3 is 0 Å². The van der Waals surface area contributed by atoms with Gasteiger partial charge in [0.15, 0.2) is 0 Å². The summed E-state index contributed by atoms with van der Waals surface area (Å²) in [5.41, 5.74) is 2.74. The molecule has 0 aromatic heterocycles. The van der Waals surface area contributed by atoms with Crippen LogP contribution in [0.3, 0.4) is 0 Å². The molecular weight excluding hydrogens is 392 g/mol. The molecule has 2 aromatic rings. The Morgan fingerprint density at radius 2 is 1.69 bits per heavy atom. The molecule has 2 aromatic carbocycles. The van der Waals surface area contributed by atoms with Gasteiger partial charge in [-0.1, -0.05) is 13.0 Å². The average Bonchev–Trinajstić information content (AvgIpc) is 2.64. The molecule has 0 saturated heterocycles. The zero-order chi connectivity index (χ0) is 21.8. The van der Waals surface area contributed by atoms with Crippen molar-refractivity contribution in [2.75, 3.05) is 30.1 Å². The minimum atomic E-state index is -3.71. The van der Waals surface area contributed by atoms with Gasteiger partial charge in [0.1, 0.15) is 17.5 Å². The highest BCUT2D eigenvalue weighted by Crippen LogP contribution is 2.30. The smallest absolute Gasteiger partial charge is 0.248 e. The summed E-state index contributed by atoms with van der Waals surface area (Å²) in [6.07, 6.45) is 1.40. The molecule has 29 heavy (non-hydrogen) atoms. The third-order valence-electron chi connectivity index (χ3n) is 4.46. The van der Waals surface area contributed by atoms with E-state index >= 15 is 0 Å². The normalized spacial score (nSPS) is 12.2. The molecule has 0 aliphatic heterocycles. The largest absolute Gasteiger partial charge is 0.497 e. The number of carbonyl (C=O) groups excluding carboxylic acids is 1. The standard InChI is InChI=1S/C21H28N2O5S/c1-7-19(21(24)22-18-9-8-17(27-4)13-20(18)28-5)23(29(6,25)26)16-11-14(2)10-15(3)12-16/h8-13,19H,7H2,1-6H3,(H,22,24). The molecule has 7 nitrogen and oxygen atoms in total. The van der Waals surface area contributed by atoms with Crippen molar-refractivity contribution in [1.29, 1.82) is 0 Å². The maximum absolute atomic E-state index is 13.1.